The molecule has 0 bridgehead atoms. The molecule has 1 fully saturated rings. The maximum atomic E-state index is 13.4. The van der Waals surface area contributed by atoms with Crippen molar-refractivity contribution in [1.82, 2.24) is 4.90 Å². The van der Waals surface area contributed by atoms with Crippen LogP contribution in [0.2, 0.25) is 0 Å². The molecule has 0 unspecified atom stereocenters. The van der Waals surface area contributed by atoms with Crippen LogP contribution in [0.25, 0.3) is 0 Å². The molecule has 0 aliphatic carbocycles. The highest BCUT2D eigenvalue weighted by atomic mass is 19.1. The van der Waals surface area contributed by atoms with Crippen LogP contribution in [0.4, 0.5) is 4.39 Å². The van der Waals surface area contributed by atoms with Gasteiger partial charge >= 0.3 is 0 Å². The summed E-state index contributed by atoms with van der Waals surface area (Å²) in [5.41, 5.74) is 0. The molecule has 0 radical (unpaired) electrons. The van der Waals surface area contributed by atoms with Crippen LogP contribution in [0.5, 0.6) is 0 Å². The lowest BCUT2D eigenvalue weighted by Gasteiger charge is -2.24. The smallest absolute Gasteiger partial charge is 0.119 e. The largest absolute Gasteiger partial charge is 0.377 e. The average molecular weight is 189 g/mol. The first-order valence-corrected chi connectivity index (χ1v) is 5.00. The highest BCUT2D eigenvalue weighted by molar-refractivity contribution is 4.90. The van der Waals surface area contributed by atoms with Crippen molar-refractivity contribution in [3.05, 3.63) is 0 Å². The van der Waals surface area contributed by atoms with E-state index < -0.39 is 6.17 Å². The second-order valence-corrected chi connectivity index (χ2v) is 4.22. The molecule has 3 atom stereocenters. The Hall–Kier alpha value is -0.150. The minimum atomic E-state index is -0.723. The van der Waals surface area contributed by atoms with Gasteiger partial charge in [-0.3, -0.25) is 4.90 Å². The summed E-state index contributed by atoms with van der Waals surface area (Å²) in [6.07, 6.45) is 0.109. The highest BCUT2D eigenvalue weighted by Crippen LogP contribution is 2.25. The summed E-state index contributed by atoms with van der Waals surface area (Å²) < 4.78 is 18.9. The molecule has 0 amide bonds. The Bertz CT molecular complexity index is 163. The Labute approximate surface area is 80.1 Å². The van der Waals surface area contributed by atoms with Gasteiger partial charge in [-0.1, -0.05) is 0 Å². The fraction of sp³-hybridized carbons (Fsp3) is 1.00. The maximum Gasteiger partial charge on any atom is 0.119 e. The monoisotopic (exact) mass is 189 g/mol. The second kappa shape index (κ2) is 4.38. The molecule has 1 rings (SSSR count). The van der Waals surface area contributed by atoms with Crippen LogP contribution in [0, 0.1) is 0 Å². The van der Waals surface area contributed by atoms with Gasteiger partial charge in [-0.2, -0.15) is 0 Å². The Morgan fingerprint density at radius 2 is 2.15 bits per heavy atom. The van der Waals surface area contributed by atoms with Crippen molar-refractivity contribution in [3.63, 3.8) is 0 Å². The predicted octanol–water partition coefficient (Wildman–Crippen LogP) is 1.84. The van der Waals surface area contributed by atoms with Crippen LogP contribution in [0.3, 0.4) is 0 Å². The molecule has 3 heteroatoms. The number of alkyl halides is 1. The number of likely N-dealkylation sites (tertiary alicyclic amines) is 1. The third kappa shape index (κ3) is 2.64. The topological polar surface area (TPSA) is 12.5 Å². The van der Waals surface area contributed by atoms with Gasteiger partial charge in [0.1, 0.15) is 6.17 Å². The molecule has 1 aliphatic rings. The van der Waals surface area contributed by atoms with Crippen molar-refractivity contribution in [2.75, 3.05) is 13.7 Å². The van der Waals surface area contributed by atoms with Crippen molar-refractivity contribution < 1.29 is 9.13 Å². The van der Waals surface area contributed by atoms with Crippen molar-refractivity contribution in [1.29, 1.82) is 0 Å². The van der Waals surface area contributed by atoms with E-state index in [9.17, 15) is 4.39 Å². The molecule has 1 aliphatic heterocycles. The van der Waals surface area contributed by atoms with E-state index in [-0.39, 0.29) is 12.1 Å². The Balaban J connectivity index is 2.39. The molecule has 0 spiro atoms. The van der Waals surface area contributed by atoms with E-state index >= 15 is 0 Å². The van der Waals surface area contributed by atoms with Gasteiger partial charge in [-0.05, 0) is 34.2 Å². The van der Waals surface area contributed by atoms with Crippen molar-refractivity contribution in [2.24, 2.45) is 0 Å². The number of hydrogen-bond donors (Lipinski definition) is 0. The van der Waals surface area contributed by atoms with Crippen molar-refractivity contribution >= 4 is 0 Å². The molecule has 1 saturated heterocycles. The summed E-state index contributed by atoms with van der Waals surface area (Å²) in [6, 6.07) is 0.299. The van der Waals surface area contributed by atoms with E-state index in [4.69, 9.17) is 4.74 Å². The van der Waals surface area contributed by atoms with Gasteiger partial charge < -0.3 is 4.74 Å². The predicted molar refractivity (Wildman–Crippen MR) is 51.6 cm³/mol. The molecule has 1 heterocycles. The lowest BCUT2D eigenvalue weighted by molar-refractivity contribution is 0.0235. The molecule has 0 aromatic heterocycles. The summed E-state index contributed by atoms with van der Waals surface area (Å²) >= 11 is 0. The van der Waals surface area contributed by atoms with Crippen molar-refractivity contribution in [2.45, 2.75) is 51.6 Å². The summed E-state index contributed by atoms with van der Waals surface area (Å²) in [5.74, 6) is 0. The zero-order valence-electron chi connectivity index (χ0n) is 8.96. The molecule has 13 heavy (non-hydrogen) atoms. The first-order valence-electron chi connectivity index (χ1n) is 5.00. The Morgan fingerprint density at radius 3 is 2.54 bits per heavy atom. The van der Waals surface area contributed by atoms with Gasteiger partial charge in [-0.25, -0.2) is 4.39 Å². The van der Waals surface area contributed by atoms with E-state index in [1.807, 2.05) is 20.9 Å². The first kappa shape index (κ1) is 10.9. The minimum Gasteiger partial charge on any atom is -0.377 e. The van der Waals surface area contributed by atoms with Crippen LogP contribution in [0.1, 0.15) is 27.2 Å². The zero-order chi connectivity index (χ0) is 10.0. The summed E-state index contributed by atoms with van der Waals surface area (Å²) in [4.78, 5) is 2.08. The number of ether oxygens (including phenoxy) is 1. The maximum absolute atomic E-state index is 13.4. The van der Waals surface area contributed by atoms with Crippen LogP contribution >= 0.6 is 0 Å². The van der Waals surface area contributed by atoms with E-state index in [2.05, 4.69) is 11.8 Å². The summed E-state index contributed by atoms with van der Waals surface area (Å²) in [5, 5.41) is 0. The van der Waals surface area contributed by atoms with Crippen molar-refractivity contribution in [3.8, 4) is 0 Å². The first-order chi connectivity index (χ1) is 6.02. The summed E-state index contributed by atoms with van der Waals surface area (Å²) in [7, 11) is 1.97. The lowest BCUT2D eigenvalue weighted by Crippen LogP contribution is -2.37. The van der Waals surface area contributed by atoms with Gasteiger partial charge in [0.2, 0.25) is 0 Å². The van der Waals surface area contributed by atoms with Gasteiger partial charge in [0.15, 0.2) is 0 Å². The number of likely N-dealkylation sites (N-methyl/N-ethyl adjacent to an activating group) is 1. The standard InChI is InChI=1S/C10H20FNO/c1-7(2)13-6-10-9(11)5-8(3)12(10)4/h7-10H,5-6H2,1-4H3/t8-,9-,10+/m0/s1. The third-order valence-corrected chi connectivity index (χ3v) is 2.80. The van der Waals surface area contributed by atoms with Crippen LogP contribution < -0.4 is 0 Å². The normalized spacial score (nSPS) is 36.0. The SMILES string of the molecule is CC(C)OC[C@@H]1[C@@H](F)C[C@H](C)N1C. The molecule has 0 aromatic carbocycles. The molecule has 0 saturated carbocycles. The van der Waals surface area contributed by atoms with E-state index in [1.165, 1.54) is 0 Å². The van der Waals surface area contributed by atoms with Gasteiger partial charge in [0.05, 0.1) is 18.8 Å². The molecule has 2 nitrogen and oxygen atoms in total. The molecular formula is C10H20FNO. The van der Waals surface area contributed by atoms with Gasteiger partial charge in [-0.15, -0.1) is 0 Å². The average Bonchev–Trinajstić information content (AvgIpc) is 2.24. The van der Waals surface area contributed by atoms with Crippen LogP contribution in [-0.4, -0.2) is 42.9 Å². The number of hydrogen-bond acceptors (Lipinski definition) is 2. The molecule has 78 valence electrons. The highest BCUT2D eigenvalue weighted by Gasteiger charge is 2.36. The number of nitrogens with zero attached hydrogens (tertiary/aromatic N) is 1. The van der Waals surface area contributed by atoms with E-state index in [0.29, 0.717) is 19.1 Å². The molecular weight excluding hydrogens is 169 g/mol. The Morgan fingerprint density at radius 1 is 1.54 bits per heavy atom. The molecule has 0 aromatic rings. The van der Waals surface area contributed by atoms with E-state index in [1.54, 1.807) is 0 Å². The third-order valence-electron chi connectivity index (χ3n) is 2.80. The second-order valence-electron chi connectivity index (χ2n) is 4.22. The van der Waals surface area contributed by atoms with Crippen LogP contribution in [-0.2, 0) is 4.74 Å². The number of halogens is 1. The quantitative estimate of drug-likeness (QED) is 0.671. The zero-order valence-corrected chi connectivity index (χ0v) is 8.96. The molecule has 0 N–H and O–H groups in total. The van der Waals surface area contributed by atoms with Gasteiger partial charge in [0.25, 0.3) is 0 Å². The number of rotatable bonds is 3. The van der Waals surface area contributed by atoms with E-state index in [0.717, 1.165) is 0 Å². The minimum absolute atomic E-state index is 0.0441. The fourth-order valence-corrected chi connectivity index (χ4v) is 1.74. The lowest BCUT2D eigenvalue weighted by atomic mass is 10.2. The summed E-state index contributed by atoms with van der Waals surface area (Å²) in [6.45, 7) is 6.53. The Kier molecular flexibility index (Phi) is 3.68. The van der Waals surface area contributed by atoms with Crippen LogP contribution in [0.15, 0.2) is 0 Å². The van der Waals surface area contributed by atoms with Gasteiger partial charge in [0, 0.05) is 6.04 Å². The fourth-order valence-electron chi connectivity index (χ4n) is 1.74.